The number of likely N-dealkylation sites (tertiary alicyclic amines) is 1. The van der Waals surface area contributed by atoms with Gasteiger partial charge >= 0.3 is 0 Å². The predicted molar refractivity (Wildman–Crippen MR) is 101 cm³/mol. The summed E-state index contributed by atoms with van der Waals surface area (Å²) in [5.74, 6) is 2.40. The van der Waals surface area contributed by atoms with E-state index in [1.165, 1.54) is 5.56 Å². The molecule has 0 spiro atoms. The van der Waals surface area contributed by atoms with Gasteiger partial charge in [-0.15, -0.1) is 0 Å². The molecule has 0 aliphatic carbocycles. The average Bonchev–Trinajstić information content (AvgIpc) is 2.83. The minimum atomic E-state index is 0.0337. The van der Waals surface area contributed by atoms with Crippen molar-refractivity contribution in [3.63, 3.8) is 0 Å². The topological polar surface area (TPSA) is 42.7 Å². The van der Waals surface area contributed by atoms with E-state index in [9.17, 15) is 4.79 Å². The number of hydrogen-bond acceptors (Lipinski definition) is 3. The Morgan fingerprint density at radius 3 is 2.44 bits per heavy atom. The third kappa shape index (κ3) is 3.76. The lowest BCUT2D eigenvalue weighted by Crippen LogP contribution is -2.42. The fourth-order valence-electron chi connectivity index (χ4n) is 3.25. The zero-order chi connectivity index (χ0) is 18.1. The predicted octanol–water partition coefficient (Wildman–Crippen LogP) is 4.96. The monoisotopic (exact) mass is 405 g/mol. The van der Waals surface area contributed by atoms with Gasteiger partial charge in [0.05, 0.1) is 10.0 Å². The van der Waals surface area contributed by atoms with Crippen LogP contribution in [0, 0.1) is 27.7 Å². The number of nitrogens with zero attached hydrogens (tertiary/aromatic N) is 1. The molecular formula is C20H24BrNO3. The molecule has 0 unspecified atom stereocenters. The Balaban J connectivity index is 1.64. The summed E-state index contributed by atoms with van der Waals surface area (Å²) in [6, 6.07) is 6.27. The number of rotatable bonds is 3. The maximum absolute atomic E-state index is 12.8. The molecule has 5 heteroatoms. The standard InChI is InChI=1S/C20H24BrNO3/c1-12-5-6-13(2)17(11-12)25-16-7-9-22(10-8-16)20(23)18-14(3)24-15(4)19(18)21/h5-6,11,16H,7-10H2,1-4H3. The number of carbonyl (C=O) groups excluding carboxylic acids is 1. The van der Waals surface area contributed by atoms with E-state index >= 15 is 0 Å². The Kier molecular flexibility index (Phi) is 5.23. The van der Waals surface area contributed by atoms with Crippen molar-refractivity contribution in [3.05, 3.63) is 50.9 Å². The number of piperidine rings is 1. The Morgan fingerprint density at radius 2 is 1.84 bits per heavy atom. The van der Waals surface area contributed by atoms with E-state index in [2.05, 4.69) is 48.0 Å². The second-order valence-corrected chi connectivity index (χ2v) is 7.57. The van der Waals surface area contributed by atoms with E-state index in [0.29, 0.717) is 24.4 Å². The molecule has 1 aromatic carbocycles. The summed E-state index contributed by atoms with van der Waals surface area (Å²) in [6.45, 7) is 9.23. The molecule has 2 heterocycles. The first-order valence-electron chi connectivity index (χ1n) is 8.65. The van der Waals surface area contributed by atoms with Gasteiger partial charge in [-0.1, -0.05) is 12.1 Å². The van der Waals surface area contributed by atoms with Gasteiger partial charge in [0.1, 0.15) is 23.4 Å². The third-order valence-corrected chi connectivity index (χ3v) is 5.72. The first-order valence-corrected chi connectivity index (χ1v) is 9.44. The molecule has 1 fully saturated rings. The maximum Gasteiger partial charge on any atom is 0.258 e. The van der Waals surface area contributed by atoms with Gasteiger partial charge in [0.2, 0.25) is 0 Å². The molecule has 3 rings (SSSR count). The number of aryl methyl sites for hydroxylation is 4. The fourth-order valence-corrected chi connectivity index (χ4v) is 3.78. The van der Waals surface area contributed by atoms with Crippen molar-refractivity contribution in [1.29, 1.82) is 0 Å². The van der Waals surface area contributed by atoms with E-state index in [1.54, 1.807) is 0 Å². The van der Waals surface area contributed by atoms with Crippen LogP contribution in [0.15, 0.2) is 27.1 Å². The van der Waals surface area contributed by atoms with Gasteiger partial charge in [0, 0.05) is 25.9 Å². The number of benzene rings is 1. The van der Waals surface area contributed by atoms with Crippen LogP contribution in [0.1, 0.15) is 45.8 Å². The molecule has 1 amide bonds. The highest BCUT2D eigenvalue weighted by atomic mass is 79.9. The highest BCUT2D eigenvalue weighted by Gasteiger charge is 2.29. The van der Waals surface area contributed by atoms with Crippen LogP contribution in [0.25, 0.3) is 0 Å². The highest BCUT2D eigenvalue weighted by Crippen LogP contribution is 2.30. The van der Waals surface area contributed by atoms with E-state index in [0.717, 1.165) is 34.4 Å². The number of hydrogen-bond donors (Lipinski definition) is 0. The maximum atomic E-state index is 12.8. The molecule has 0 N–H and O–H groups in total. The molecule has 1 aromatic heterocycles. The average molecular weight is 406 g/mol. The van der Waals surface area contributed by atoms with Crippen LogP contribution in [0.2, 0.25) is 0 Å². The smallest absolute Gasteiger partial charge is 0.258 e. The van der Waals surface area contributed by atoms with Crippen molar-refractivity contribution in [3.8, 4) is 5.75 Å². The lowest BCUT2D eigenvalue weighted by Gasteiger charge is -2.32. The summed E-state index contributed by atoms with van der Waals surface area (Å²) in [5, 5.41) is 0. The van der Waals surface area contributed by atoms with Gasteiger partial charge in [-0.3, -0.25) is 4.79 Å². The molecule has 25 heavy (non-hydrogen) atoms. The third-order valence-electron chi connectivity index (χ3n) is 4.77. The summed E-state index contributed by atoms with van der Waals surface area (Å²) in [5.41, 5.74) is 2.99. The van der Waals surface area contributed by atoms with E-state index in [4.69, 9.17) is 9.15 Å². The Bertz CT molecular complexity index is 788. The quantitative estimate of drug-likeness (QED) is 0.724. The molecular weight excluding hydrogens is 382 g/mol. The first-order chi connectivity index (χ1) is 11.9. The summed E-state index contributed by atoms with van der Waals surface area (Å²) in [7, 11) is 0. The van der Waals surface area contributed by atoms with E-state index in [1.807, 2.05) is 18.7 Å². The van der Waals surface area contributed by atoms with Gasteiger partial charge in [-0.25, -0.2) is 0 Å². The van der Waals surface area contributed by atoms with Crippen molar-refractivity contribution in [2.45, 2.75) is 46.6 Å². The number of furan rings is 1. The van der Waals surface area contributed by atoms with Crippen molar-refractivity contribution in [2.24, 2.45) is 0 Å². The minimum Gasteiger partial charge on any atom is -0.490 e. The summed E-state index contributed by atoms with van der Waals surface area (Å²) >= 11 is 3.47. The Hall–Kier alpha value is -1.75. The molecule has 1 saturated heterocycles. The lowest BCUT2D eigenvalue weighted by molar-refractivity contribution is 0.0592. The van der Waals surface area contributed by atoms with Crippen LogP contribution in [-0.4, -0.2) is 30.0 Å². The molecule has 134 valence electrons. The van der Waals surface area contributed by atoms with Crippen LogP contribution in [0.4, 0.5) is 0 Å². The second kappa shape index (κ2) is 7.24. The van der Waals surface area contributed by atoms with Crippen LogP contribution in [0.3, 0.4) is 0 Å². The van der Waals surface area contributed by atoms with E-state index < -0.39 is 0 Å². The number of carbonyl (C=O) groups is 1. The fraction of sp³-hybridized carbons (Fsp3) is 0.450. The summed E-state index contributed by atoms with van der Waals surface area (Å²) in [6.07, 6.45) is 1.83. The van der Waals surface area contributed by atoms with Crippen LogP contribution in [0.5, 0.6) is 5.75 Å². The molecule has 0 radical (unpaired) electrons. The van der Waals surface area contributed by atoms with Crippen LogP contribution in [-0.2, 0) is 0 Å². The minimum absolute atomic E-state index is 0.0337. The molecule has 1 aliphatic heterocycles. The normalized spacial score (nSPS) is 15.5. The molecule has 0 bridgehead atoms. The number of amides is 1. The first kappa shape index (κ1) is 18.1. The van der Waals surface area contributed by atoms with E-state index in [-0.39, 0.29) is 12.0 Å². The van der Waals surface area contributed by atoms with Crippen molar-refractivity contribution in [2.75, 3.05) is 13.1 Å². The van der Waals surface area contributed by atoms with Gasteiger partial charge in [-0.2, -0.15) is 0 Å². The second-order valence-electron chi connectivity index (χ2n) is 6.78. The van der Waals surface area contributed by atoms with Crippen molar-refractivity contribution < 1.29 is 13.9 Å². The molecule has 0 saturated carbocycles. The summed E-state index contributed by atoms with van der Waals surface area (Å²) in [4.78, 5) is 14.7. The van der Waals surface area contributed by atoms with Gasteiger partial charge < -0.3 is 14.1 Å². The molecule has 2 aromatic rings. The van der Waals surface area contributed by atoms with Crippen LogP contribution >= 0.6 is 15.9 Å². The van der Waals surface area contributed by atoms with Gasteiger partial charge in [-0.05, 0) is 60.8 Å². The van der Waals surface area contributed by atoms with Gasteiger partial charge in [0.15, 0.2) is 0 Å². The number of ether oxygens (including phenoxy) is 1. The van der Waals surface area contributed by atoms with Crippen molar-refractivity contribution in [1.82, 2.24) is 4.90 Å². The van der Waals surface area contributed by atoms with Crippen LogP contribution < -0.4 is 4.74 Å². The molecule has 4 nitrogen and oxygen atoms in total. The Labute approximate surface area is 157 Å². The van der Waals surface area contributed by atoms with Crippen molar-refractivity contribution >= 4 is 21.8 Å². The number of halogens is 1. The molecule has 1 aliphatic rings. The largest absolute Gasteiger partial charge is 0.490 e. The van der Waals surface area contributed by atoms with Gasteiger partial charge in [0.25, 0.3) is 5.91 Å². The lowest BCUT2D eigenvalue weighted by atomic mass is 10.1. The molecule has 0 atom stereocenters. The highest BCUT2D eigenvalue weighted by molar-refractivity contribution is 9.10. The zero-order valence-corrected chi connectivity index (χ0v) is 16.8. The summed E-state index contributed by atoms with van der Waals surface area (Å²) < 4.78 is 12.5. The SMILES string of the molecule is Cc1ccc(C)c(OC2CCN(C(=O)c3c(C)oc(C)c3Br)CC2)c1. The Morgan fingerprint density at radius 1 is 1.16 bits per heavy atom. The zero-order valence-electron chi connectivity index (χ0n) is 15.2.